The molecule has 23 heavy (non-hydrogen) atoms. The van der Waals surface area contributed by atoms with Crippen molar-refractivity contribution in [2.45, 2.75) is 19.9 Å². The number of hydrogen-bond donors (Lipinski definition) is 0. The molecule has 3 rings (SSSR count). The first-order valence-electron chi connectivity index (χ1n) is 7.76. The minimum atomic E-state index is 0.209. The van der Waals surface area contributed by atoms with Crippen LogP contribution in [-0.4, -0.2) is 40.6 Å². The molecule has 0 N–H and O–H groups in total. The number of halogens is 1. The van der Waals surface area contributed by atoms with E-state index in [1.165, 1.54) is 0 Å². The highest BCUT2D eigenvalue weighted by Crippen LogP contribution is 2.30. The van der Waals surface area contributed by atoms with Crippen molar-refractivity contribution in [2.75, 3.05) is 20.2 Å². The van der Waals surface area contributed by atoms with Gasteiger partial charge >= 0.3 is 0 Å². The van der Waals surface area contributed by atoms with Crippen molar-refractivity contribution in [1.29, 1.82) is 0 Å². The van der Waals surface area contributed by atoms with Gasteiger partial charge in [0.1, 0.15) is 11.6 Å². The van der Waals surface area contributed by atoms with Crippen LogP contribution in [-0.2, 0) is 11.3 Å². The second-order valence-electron chi connectivity index (χ2n) is 5.83. The van der Waals surface area contributed by atoms with E-state index in [9.17, 15) is 4.79 Å². The Hall–Kier alpha value is -2.01. The van der Waals surface area contributed by atoms with Crippen LogP contribution in [0.2, 0.25) is 5.02 Å². The molecule has 2 aromatic rings. The largest absolute Gasteiger partial charge is 0.492 e. The molecule has 1 aliphatic rings. The zero-order valence-corrected chi connectivity index (χ0v) is 14.1. The SMILES string of the molecule is CCOc1ccc(-c2nccn2CC2CC(=O)N(C)C2)cc1Cl. The van der Waals surface area contributed by atoms with E-state index >= 15 is 0 Å². The van der Waals surface area contributed by atoms with Gasteiger partial charge in [0.15, 0.2) is 0 Å². The molecule has 1 aliphatic heterocycles. The molecular weight excluding hydrogens is 314 g/mol. The first-order valence-corrected chi connectivity index (χ1v) is 8.14. The maximum absolute atomic E-state index is 11.7. The summed E-state index contributed by atoms with van der Waals surface area (Å²) in [6.45, 7) is 4.07. The van der Waals surface area contributed by atoms with Crippen molar-refractivity contribution in [3.63, 3.8) is 0 Å². The average Bonchev–Trinajstić information content (AvgIpc) is 3.09. The summed E-state index contributed by atoms with van der Waals surface area (Å²) in [5.41, 5.74) is 0.945. The van der Waals surface area contributed by atoms with E-state index in [0.29, 0.717) is 29.7 Å². The van der Waals surface area contributed by atoms with E-state index in [4.69, 9.17) is 16.3 Å². The Kier molecular flexibility index (Phi) is 4.57. The normalized spacial score (nSPS) is 17.8. The second-order valence-corrected chi connectivity index (χ2v) is 6.23. The molecule has 1 amide bonds. The highest BCUT2D eigenvalue weighted by atomic mass is 35.5. The molecule has 0 spiro atoms. The third-order valence-electron chi connectivity index (χ3n) is 4.08. The first kappa shape index (κ1) is 15.9. The van der Waals surface area contributed by atoms with Crippen molar-refractivity contribution < 1.29 is 9.53 Å². The Morgan fingerprint density at radius 3 is 2.91 bits per heavy atom. The van der Waals surface area contributed by atoms with E-state index < -0.39 is 0 Å². The number of imidazole rings is 1. The Morgan fingerprint density at radius 1 is 1.43 bits per heavy atom. The van der Waals surface area contributed by atoms with Crippen LogP contribution in [0.1, 0.15) is 13.3 Å². The molecule has 6 heteroatoms. The number of ether oxygens (including phenoxy) is 1. The minimum absolute atomic E-state index is 0.209. The average molecular weight is 334 g/mol. The topological polar surface area (TPSA) is 47.4 Å². The molecule has 1 aromatic heterocycles. The fourth-order valence-electron chi connectivity index (χ4n) is 2.99. The summed E-state index contributed by atoms with van der Waals surface area (Å²) >= 11 is 6.27. The molecule has 5 nitrogen and oxygen atoms in total. The highest BCUT2D eigenvalue weighted by Gasteiger charge is 2.27. The van der Waals surface area contributed by atoms with Gasteiger partial charge in [-0.15, -0.1) is 0 Å². The maximum Gasteiger partial charge on any atom is 0.222 e. The monoisotopic (exact) mass is 333 g/mol. The summed E-state index contributed by atoms with van der Waals surface area (Å²) in [7, 11) is 1.85. The molecule has 0 radical (unpaired) electrons. The van der Waals surface area contributed by atoms with Crippen LogP contribution in [0.3, 0.4) is 0 Å². The molecule has 1 atom stereocenters. The van der Waals surface area contributed by atoms with Gasteiger partial charge in [-0.1, -0.05) is 11.6 Å². The Morgan fingerprint density at radius 2 is 2.26 bits per heavy atom. The van der Waals surface area contributed by atoms with E-state index in [1.807, 2.05) is 38.4 Å². The first-order chi connectivity index (χ1) is 11.1. The number of benzene rings is 1. The van der Waals surface area contributed by atoms with Gasteiger partial charge in [0, 0.05) is 50.4 Å². The van der Waals surface area contributed by atoms with E-state index in [-0.39, 0.29) is 5.91 Å². The van der Waals surface area contributed by atoms with Gasteiger partial charge in [-0.3, -0.25) is 4.79 Å². The lowest BCUT2D eigenvalue weighted by Crippen LogP contribution is -2.20. The summed E-state index contributed by atoms with van der Waals surface area (Å²) in [4.78, 5) is 17.9. The van der Waals surface area contributed by atoms with Gasteiger partial charge in [0.25, 0.3) is 0 Å². The lowest BCUT2D eigenvalue weighted by Gasteiger charge is -2.14. The molecule has 0 saturated carbocycles. The van der Waals surface area contributed by atoms with E-state index in [0.717, 1.165) is 24.5 Å². The standard InChI is InChI=1S/C17H20ClN3O2/c1-3-23-15-5-4-13(9-14(15)18)17-19-6-7-21(17)11-12-8-16(22)20(2)10-12/h4-7,9,12H,3,8,10-11H2,1-2H3. The quantitative estimate of drug-likeness (QED) is 0.844. The number of nitrogens with zero attached hydrogens (tertiary/aromatic N) is 3. The van der Waals surface area contributed by atoms with Crippen molar-refractivity contribution >= 4 is 17.5 Å². The van der Waals surface area contributed by atoms with Crippen LogP contribution >= 0.6 is 11.6 Å². The predicted molar refractivity (Wildman–Crippen MR) is 89.6 cm³/mol. The summed E-state index contributed by atoms with van der Waals surface area (Å²) in [6, 6.07) is 5.70. The minimum Gasteiger partial charge on any atom is -0.492 e. The third kappa shape index (κ3) is 3.34. The van der Waals surface area contributed by atoms with Crippen LogP contribution in [0, 0.1) is 5.92 Å². The Balaban J connectivity index is 1.81. The van der Waals surface area contributed by atoms with Crippen LogP contribution in [0.25, 0.3) is 11.4 Å². The van der Waals surface area contributed by atoms with Crippen LogP contribution < -0.4 is 4.74 Å². The fourth-order valence-corrected chi connectivity index (χ4v) is 3.22. The molecule has 122 valence electrons. The molecule has 0 aliphatic carbocycles. The van der Waals surface area contributed by atoms with Gasteiger partial charge < -0.3 is 14.2 Å². The Bertz CT molecular complexity index is 714. The van der Waals surface area contributed by atoms with Crippen molar-refractivity contribution in [2.24, 2.45) is 5.92 Å². The molecule has 1 aromatic carbocycles. The van der Waals surface area contributed by atoms with Crippen molar-refractivity contribution in [1.82, 2.24) is 14.5 Å². The molecule has 0 bridgehead atoms. The molecular formula is C17H20ClN3O2. The predicted octanol–water partition coefficient (Wildman–Crippen LogP) is 3.08. The molecule has 1 saturated heterocycles. The zero-order chi connectivity index (χ0) is 16.4. The number of aromatic nitrogens is 2. The van der Waals surface area contributed by atoms with Crippen LogP contribution in [0.15, 0.2) is 30.6 Å². The summed E-state index contributed by atoms with van der Waals surface area (Å²) in [6.07, 6.45) is 4.32. The maximum atomic E-state index is 11.7. The number of carbonyl (C=O) groups excluding carboxylic acids is 1. The number of rotatable bonds is 5. The zero-order valence-electron chi connectivity index (χ0n) is 13.3. The van der Waals surface area contributed by atoms with Crippen LogP contribution in [0.5, 0.6) is 5.75 Å². The molecule has 1 unspecified atom stereocenters. The van der Waals surface area contributed by atoms with E-state index in [2.05, 4.69) is 9.55 Å². The van der Waals surface area contributed by atoms with Crippen molar-refractivity contribution in [3.05, 3.63) is 35.6 Å². The lowest BCUT2D eigenvalue weighted by atomic mass is 10.1. The number of likely N-dealkylation sites (tertiary alicyclic amines) is 1. The van der Waals surface area contributed by atoms with Gasteiger partial charge in [-0.05, 0) is 25.1 Å². The number of carbonyl (C=O) groups is 1. The van der Waals surface area contributed by atoms with Gasteiger partial charge in [-0.2, -0.15) is 0 Å². The smallest absolute Gasteiger partial charge is 0.222 e. The Labute approximate surface area is 140 Å². The third-order valence-corrected chi connectivity index (χ3v) is 4.38. The summed E-state index contributed by atoms with van der Waals surface area (Å²) in [5.74, 6) is 2.07. The second kappa shape index (κ2) is 6.62. The van der Waals surface area contributed by atoms with Crippen LogP contribution in [0.4, 0.5) is 0 Å². The van der Waals surface area contributed by atoms with Gasteiger partial charge in [0.05, 0.1) is 11.6 Å². The number of amides is 1. The summed E-state index contributed by atoms with van der Waals surface area (Å²) in [5, 5.41) is 0.578. The fraction of sp³-hybridized carbons (Fsp3) is 0.412. The number of hydrogen-bond acceptors (Lipinski definition) is 3. The van der Waals surface area contributed by atoms with E-state index in [1.54, 1.807) is 11.1 Å². The summed E-state index contributed by atoms with van der Waals surface area (Å²) < 4.78 is 7.55. The molecule has 1 fully saturated rings. The van der Waals surface area contributed by atoms with Gasteiger partial charge in [-0.25, -0.2) is 4.98 Å². The lowest BCUT2D eigenvalue weighted by molar-refractivity contribution is -0.126. The molecule has 2 heterocycles. The van der Waals surface area contributed by atoms with Gasteiger partial charge in [0.2, 0.25) is 5.91 Å². The highest BCUT2D eigenvalue weighted by molar-refractivity contribution is 6.32. The van der Waals surface area contributed by atoms with Crippen molar-refractivity contribution in [3.8, 4) is 17.1 Å².